The van der Waals surface area contributed by atoms with E-state index in [0.29, 0.717) is 12.1 Å². The Labute approximate surface area is 118 Å². The Morgan fingerprint density at radius 2 is 1.90 bits per heavy atom. The summed E-state index contributed by atoms with van der Waals surface area (Å²) in [6.45, 7) is 1.53. The molecule has 0 aliphatic carbocycles. The molecule has 5 N–H and O–H groups in total. The molecular formula is C12H13F2N3O4. The first kappa shape index (κ1) is 16.5. The topological polar surface area (TPSA) is 125 Å². The second-order valence-electron chi connectivity index (χ2n) is 3.90. The molecule has 2 amide bonds. The van der Waals surface area contributed by atoms with Crippen molar-refractivity contribution < 1.29 is 27.9 Å². The lowest BCUT2D eigenvalue weighted by molar-refractivity contribution is -0.146. The van der Waals surface area contributed by atoms with Gasteiger partial charge in [-0.1, -0.05) is 0 Å². The molecule has 1 unspecified atom stereocenters. The third kappa shape index (κ3) is 3.96. The highest BCUT2D eigenvalue weighted by atomic mass is 19.1. The Bertz CT molecular complexity index is 592. The predicted octanol–water partition coefficient (Wildman–Crippen LogP) is -0.107. The predicted molar refractivity (Wildman–Crippen MR) is 68.1 cm³/mol. The van der Waals surface area contributed by atoms with Gasteiger partial charge in [-0.15, -0.1) is 0 Å². The van der Waals surface area contributed by atoms with E-state index in [-0.39, 0.29) is 6.61 Å². The Balaban J connectivity index is 2.97. The molecule has 0 aromatic heterocycles. The number of amides is 2. The Hall–Kier alpha value is -2.55. The number of nitrogens with two attached hydrogens (primary N) is 2. The van der Waals surface area contributed by atoms with Crippen LogP contribution in [0.5, 0.6) is 0 Å². The molecule has 0 radical (unpaired) electrons. The van der Waals surface area contributed by atoms with Gasteiger partial charge in [0.2, 0.25) is 0 Å². The van der Waals surface area contributed by atoms with E-state index in [9.17, 15) is 23.2 Å². The molecule has 1 atom stereocenters. The maximum atomic E-state index is 13.5. The van der Waals surface area contributed by atoms with Gasteiger partial charge in [-0.3, -0.25) is 9.59 Å². The van der Waals surface area contributed by atoms with Crippen LogP contribution in [0.15, 0.2) is 12.1 Å². The molecule has 1 aromatic carbocycles. The fourth-order valence-corrected chi connectivity index (χ4v) is 1.38. The second-order valence-corrected chi connectivity index (χ2v) is 3.90. The Morgan fingerprint density at radius 1 is 1.29 bits per heavy atom. The highest BCUT2D eigenvalue weighted by Crippen LogP contribution is 2.19. The maximum Gasteiger partial charge on any atom is 0.332 e. The Morgan fingerprint density at radius 3 is 2.43 bits per heavy atom. The van der Waals surface area contributed by atoms with Crippen molar-refractivity contribution >= 4 is 23.5 Å². The number of carbonyl (C=O) groups is 3. The van der Waals surface area contributed by atoms with Crippen molar-refractivity contribution in [3.63, 3.8) is 0 Å². The van der Waals surface area contributed by atoms with Crippen LogP contribution in [0.4, 0.5) is 14.5 Å². The molecule has 0 saturated carbocycles. The van der Waals surface area contributed by atoms with E-state index in [1.165, 1.54) is 6.92 Å². The van der Waals surface area contributed by atoms with Gasteiger partial charge >= 0.3 is 5.97 Å². The van der Waals surface area contributed by atoms with Crippen LogP contribution in [0.3, 0.4) is 0 Å². The van der Waals surface area contributed by atoms with E-state index in [0.717, 1.165) is 0 Å². The molecular weight excluding hydrogens is 288 g/mol. The number of halogens is 2. The summed E-state index contributed by atoms with van der Waals surface area (Å²) in [5.74, 6) is -5.55. The molecule has 7 nitrogen and oxygen atoms in total. The standard InChI is InChI=1S/C12H13F2N3O4/c1-2-21-12(20)9(15)11(19)17-8-3-5(10(16)18)6(13)4-7(8)14/h3-4,9H,2,15H2,1H3,(H2,16,18)(H,17,19). The smallest absolute Gasteiger partial charge is 0.332 e. The number of benzene rings is 1. The van der Waals surface area contributed by atoms with Crippen molar-refractivity contribution in [2.45, 2.75) is 13.0 Å². The minimum absolute atomic E-state index is 0.0105. The number of hydrogen-bond donors (Lipinski definition) is 3. The van der Waals surface area contributed by atoms with Gasteiger partial charge in [0.1, 0.15) is 11.6 Å². The van der Waals surface area contributed by atoms with Crippen LogP contribution in [0.1, 0.15) is 17.3 Å². The Kier molecular flexibility index (Phi) is 5.30. The summed E-state index contributed by atoms with van der Waals surface area (Å²) in [7, 11) is 0. The number of hydrogen-bond acceptors (Lipinski definition) is 5. The van der Waals surface area contributed by atoms with Crippen molar-refractivity contribution in [1.29, 1.82) is 0 Å². The molecule has 1 rings (SSSR count). The van der Waals surface area contributed by atoms with Crippen molar-refractivity contribution in [1.82, 2.24) is 0 Å². The van der Waals surface area contributed by atoms with Crippen LogP contribution in [0, 0.1) is 11.6 Å². The van der Waals surface area contributed by atoms with E-state index < -0.39 is 46.7 Å². The van der Waals surface area contributed by atoms with Crippen molar-refractivity contribution in [2.75, 3.05) is 11.9 Å². The zero-order valence-corrected chi connectivity index (χ0v) is 11.0. The molecule has 0 aliphatic heterocycles. The third-order valence-electron chi connectivity index (χ3n) is 2.40. The van der Waals surface area contributed by atoms with Gasteiger partial charge in [-0.05, 0) is 13.0 Å². The van der Waals surface area contributed by atoms with E-state index in [1.807, 2.05) is 5.32 Å². The molecule has 0 saturated heterocycles. The zero-order valence-electron chi connectivity index (χ0n) is 11.0. The molecule has 0 heterocycles. The minimum atomic E-state index is -1.69. The van der Waals surface area contributed by atoms with Crippen molar-refractivity contribution in [3.8, 4) is 0 Å². The fraction of sp³-hybridized carbons (Fsp3) is 0.250. The molecule has 0 spiro atoms. The summed E-state index contributed by atoms with van der Waals surface area (Å²) >= 11 is 0. The maximum absolute atomic E-state index is 13.5. The number of rotatable bonds is 5. The SMILES string of the molecule is CCOC(=O)C(N)C(=O)Nc1cc(C(N)=O)c(F)cc1F. The van der Waals surface area contributed by atoms with E-state index >= 15 is 0 Å². The highest BCUT2D eigenvalue weighted by molar-refractivity contribution is 6.08. The molecule has 0 fully saturated rings. The summed E-state index contributed by atoms with van der Waals surface area (Å²) in [5.41, 5.74) is 9.05. The average molecular weight is 301 g/mol. The summed E-state index contributed by atoms with van der Waals surface area (Å²) in [6, 6.07) is -0.597. The van der Waals surface area contributed by atoms with Crippen LogP contribution >= 0.6 is 0 Å². The molecule has 21 heavy (non-hydrogen) atoms. The first-order valence-corrected chi connectivity index (χ1v) is 5.79. The van der Waals surface area contributed by atoms with Crippen LogP contribution in [-0.4, -0.2) is 30.4 Å². The zero-order chi connectivity index (χ0) is 16.2. The van der Waals surface area contributed by atoms with Gasteiger partial charge in [-0.25, -0.2) is 13.6 Å². The van der Waals surface area contributed by atoms with Crippen LogP contribution < -0.4 is 16.8 Å². The first-order valence-electron chi connectivity index (χ1n) is 5.79. The van der Waals surface area contributed by atoms with E-state index in [1.54, 1.807) is 0 Å². The number of ether oxygens (including phenoxy) is 1. The first-order chi connectivity index (χ1) is 9.77. The lowest BCUT2D eigenvalue weighted by Gasteiger charge is -2.12. The van der Waals surface area contributed by atoms with Crippen LogP contribution in [0.2, 0.25) is 0 Å². The fourth-order valence-electron chi connectivity index (χ4n) is 1.38. The van der Waals surface area contributed by atoms with Gasteiger partial charge < -0.3 is 21.5 Å². The van der Waals surface area contributed by atoms with Crippen molar-refractivity contribution in [2.24, 2.45) is 11.5 Å². The molecule has 9 heteroatoms. The number of nitrogens with one attached hydrogen (secondary N) is 1. The minimum Gasteiger partial charge on any atom is -0.464 e. The van der Waals surface area contributed by atoms with Gasteiger partial charge in [0.25, 0.3) is 11.8 Å². The molecule has 114 valence electrons. The largest absolute Gasteiger partial charge is 0.464 e. The molecule has 1 aromatic rings. The number of esters is 1. The third-order valence-corrected chi connectivity index (χ3v) is 2.40. The highest BCUT2D eigenvalue weighted by Gasteiger charge is 2.25. The molecule has 0 bridgehead atoms. The monoisotopic (exact) mass is 301 g/mol. The van der Waals surface area contributed by atoms with Gasteiger partial charge in [-0.2, -0.15) is 0 Å². The van der Waals surface area contributed by atoms with Crippen LogP contribution in [0.25, 0.3) is 0 Å². The van der Waals surface area contributed by atoms with Crippen LogP contribution in [-0.2, 0) is 14.3 Å². The van der Waals surface area contributed by atoms with E-state index in [4.69, 9.17) is 11.5 Å². The van der Waals surface area contributed by atoms with Gasteiger partial charge in [0.15, 0.2) is 6.04 Å². The quantitative estimate of drug-likeness (QED) is 0.517. The second kappa shape index (κ2) is 6.75. The van der Waals surface area contributed by atoms with Gasteiger partial charge in [0, 0.05) is 6.07 Å². The number of carbonyl (C=O) groups excluding carboxylic acids is 3. The molecule has 0 aliphatic rings. The average Bonchev–Trinajstić information content (AvgIpc) is 2.40. The normalized spacial score (nSPS) is 11.6. The lowest BCUT2D eigenvalue weighted by Crippen LogP contribution is -2.43. The summed E-state index contributed by atoms with van der Waals surface area (Å²) in [5, 5.41) is 1.96. The van der Waals surface area contributed by atoms with E-state index in [2.05, 4.69) is 4.74 Å². The van der Waals surface area contributed by atoms with Crippen molar-refractivity contribution in [3.05, 3.63) is 29.3 Å². The lowest BCUT2D eigenvalue weighted by atomic mass is 10.1. The summed E-state index contributed by atoms with van der Waals surface area (Å²) < 4.78 is 31.3. The number of primary amides is 1. The van der Waals surface area contributed by atoms with Gasteiger partial charge in [0.05, 0.1) is 17.9 Å². The summed E-state index contributed by atoms with van der Waals surface area (Å²) in [4.78, 5) is 33.8. The summed E-state index contributed by atoms with van der Waals surface area (Å²) in [6.07, 6.45) is 0. The number of anilines is 1.